The van der Waals surface area contributed by atoms with Gasteiger partial charge >= 0.3 is 5.97 Å². The summed E-state index contributed by atoms with van der Waals surface area (Å²) in [5, 5.41) is 0.226. The summed E-state index contributed by atoms with van der Waals surface area (Å²) in [6, 6.07) is 6.16. The van der Waals surface area contributed by atoms with Crippen molar-refractivity contribution in [3.05, 3.63) is 58.3 Å². The standard InChI is InChI=1S/C13H8ClFO4/c1-18-13(17)11-5-4-10(19-11)12(16)8-6-7(14)2-3-9(8)15/h2-6H,1H3. The number of hydrogen-bond acceptors (Lipinski definition) is 4. The van der Waals surface area contributed by atoms with Gasteiger partial charge in [0, 0.05) is 5.02 Å². The fraction of sp³-hybridized carbons (Fsp3) is 0.0769. The number of furan rings is 1. The van der Waals surface area contributed by atoms with Crippen molar-refractivity contribution in [3.63, 3.8) is 0 Å². The molecule has 2 rings (SSSR count). The monoisotopic (exact) mass is 282 g/mol. The van der Waals surface area contributed by atoms with Gasteiger partial charge in [-0.05, 0) is 30.3 Å². The molecule has 0 saturated carbocycles. The lowest BCUT2D eigenvalue weighted by Crippen LogP contribution is -2.03. The van der Waals surface area contributed by atoms with Gasteiger partial charge in [-0.15, -0.1) is 0 Å². The van der Waals surface area contributed by atoms with Gasteiger partial charge in [0.1, 0.15) is 5.82 Å². The highest BCUT2D eigenvalue weighted by molar-refractivity contribution is 6.31. The molecule has 1 aromatic heterocycles. The Morgan fingerprint density at radius 3 is 2.58 bits per heavy atom. The maximum atomic E-state index is 13.5. The van der Waals surface area contributed by atoms with Crippen molar-refractivity contribution >= 4 is 23.4 Å². The lowest BCUT2D eigenvalue weighted by molar-refractivity contribution is 0.0563. The molecule has 4 nitrogen and oxygen atoms in total. The van der Waals surface area contributed by atoms with Crippen LogP contribution in [0.1, 0.15) is 26.7 Å². The largest absolute Gasteiger partial charge is 0.463 e. The first-order valence-corrected chi connectivity index (χ1v) is 5.58. The van der Waals surface area contributed by atoms with Crippen LogP contribution in [0.15, 0.2) is 34.7 Å². The molecular weight excluding hydrogens is 275 g/mol. The maximum Gasteiger partial charge on any atom is 0.373 e. The van der Waals surface area contributed by atoms with Crippen LogP contribution in [-0.2, 0) is 4.74 Å². The van der Waals surface area contributed by atoms with E-state index in [1.807, 2.05) is 0 Å². The summed E-state index contributed by atoms with van der Waals surface area (Å²) in [5.41, 5.74) is -0.224. The van der Waals surface area contributed by atoms with Crippen LogP contribution in [0.2, 0.25) is 5.02 Å². The smallest absolute Gasteiger partial charge is 0.373 e. The zero-order chi connectivity index (χ0) is 14.0. The molecule has 0 unspecified atom stereocenters. The third kappa shape index (κ3) is 2.66. The van der Waals surface area contributed by atoms with E-state index in [9.17, 15) is 14.0 Å². The second-order valence-corrected chi connectivity index (χ2v) is 4.05. The minimum absolute atomic E-state index is 0.131. The normalized spacial score (nSPS) is 10.3. The van der Waals surface area contributed by atoms with Crippen molar-refractivity contribution in [1.82, 2.24) is 0 Å². The summed E-state index contributed by atoms with van der Waals surface area (Å²) in [6.07, 6.45) is 0. The summed E-state index contributed by atoms with van der Waals surface area (Å²) in [5.74, 6) is -2.43. The number of benzene rings is 1. The lowest BCUT2D eigenvalue weighted by Gasteiger charge is -2.00. The minimum atomic E-state index is -0.717. The van der Waals surface area contributed by atoms with Crippen LogP contribution in [0.5, 0.6) is 0 Å². The first-order valence-electron chi connectivity index (χ1n) is 5.21. The maximum absolute atomic E-state index is 13.5. The van der Waals surface area contributed by atoms with Crippen molar-refractivity contribution in [2.45, 2.75) is 0 Å². The van der Waals surface area contributed by atoms with E-state index in [0.717, 1.165) is 6.07 Å². The first kappa shape index (κ1) is 13.3. The van der Waals surface area contributed by atoms with E-state index in [0.29, 0.717) is 0 Å². The molecule has 0 amide bonds. The SMILES string of the molecule is COC(=O)c1ccc(C(=O)c2cc(Cl)ccc2F)o1. The van der Waals surface area contributed by atoms with E-state index in [2.05, 4.69) is 4.74 Å². The molecule has 1 aromatic carbocycles. The Balaban J connectivity index is 2.36. The van der Waals surface area contributed by atoms with E-state index in [-0.39, 0.29) is 22.1 Å². The van der Waals surface area contributed by atoms with Crippen molar-refractivity contribution < 1.29 is 23.1 Å². The van der Waals surface area contributed by atoms with Gasteiger partial charge in [-0.25, -0.2) is 9.18 Å². The van der Waals surface area contributed by atoms with Gasteiger partial charge in [0.25, 0.3) is 0 Å². The molecular formula is C13H8ClFO4. The molecule has 0 fully saturated rings. The number of methoxy groups -OCH3 is 1. The van der Waals surface area contributed by atoms with Crippen LogP contribution in [-0.4, -0.2) is 18.9 Å². The molecule has 0 aliphatic carbocycles. The summed E-state index contributed by atoms with van der Waals surface area (Å²) in [4.78, 5) is 23.2. The fourth-order valence-corrected chi connectivity index (χ4v) is 1.65. The summed E-state index contributed by atoms with van der Waals surface area (Å²) >= 11 is 5.70. The molecule has 0 aliphatic rings. The molecule has 2 aromatic rings. The van der Waals surface area contributed by atoms with Gasteiger partial charge in [0.2, 0.25) is 11.5 Å². The minimum Gasteiger partial charge on any atom is -0.463 e. The van der Waals surface area contributed by atoms with E-state index < -0.39 is 17.6 Å². The molecule has 0 bridgehead atoms. The third-order valence-corrected chi connectivity index (χ3v) is 2.62. The van der Waals surface area contributed by atoms with Gasteiger partial charge < -0.3 is 9.15 Å². The summed E-state index contributed by atoms with van der Waals surface area (Å²) in [7, 11) is 1.18. The summed E-state index contributed by atoms with van der Waals surface area (Å²) < 4.78 is 23.0. The van der Waals surface area contributed by atoms with Crippen LogP contribution in [0.4, 0.5) is 4.39 Å². The number of hydrogen-bond donors (Lipinski definition) is 0. The Hall–Kier alpha value is -2.14. The molecule has 6 heteroatoms. The molecule has 19 heavy (non-hydrogen) atoms. The zero-order valence-electron chi connectivity index (χ0n) is 9.78. The van der Waals surface area contributed by atoms with Gasteiger partial charge in [-0.3, -0.25) is 4.79 Å². The van der Waals surface area contributed by atoms with Crippen LogP contribution in [0, 0.1) is 5.82 Å². The number of ether oxygens (including phenoxy) is 1. The molecule has 0 aliphatic heterocycles. The van der Waals surface area contributed by atoms with Crippen molar-refractivity contribution in [3.8, 4) is 0 Å². The first-order chi connectivity index (χ1) is 9.02. The highest BCUT2D eigenvalue weighted by atomic mass is 35.5. The predicted molar refractivity (Wildman–Crippen MR) is 64.9 cm³/mol. The number of ketones is 1. The zero-order valence-corrected chi connectivity index (χ0v) is 10.5. The molecule has 0 radical (unpaired) electrons. The van der Waals surface area contributed by atoms with E-state index in [4.69, 9.17) is 16.0 Å². The van der Waals surface area contributed by atoms with Crippen LogP contribution in [0.3, 0.4) is 0 Å². The number of carbonyl (C=O) groups excluding carboxylic acids is 2. The van der Waals surface area contributed by atoms with Gasteiger partial charge in [0.05, 0.1) is 12.7 Å². The third-order valence-electron chi connectivity index (χ3n) is 2.39. The average Bonchev–Trinajstić information content (AvgIpc) is 2.89. The Bertz CT molecular complexity index is 648. The molecule has 0 spiro atoms. The molecule has 98 valence electrons. The van der Waals surface area contributed by atoms with Crippen LogP contribution >= 0.6 is 11.6 Å². The van der Waals surface area contributed by atoms with Gasteiger partial charge in [0.15, 0.2) is 5.76 Å². The Morgan fingerprint density at radius 2 is 1.89 bits per heavy atom. The fourth-order valence-electron chi connectivity index (χ4n) is 1.47. The Morgan fingerprint density at radius 1 is 1.21 bits per heavy atom. The highest BCUT2D eigenvalue weighted by Gasteiger charge is 2.20. The number of esters is 1. The number of carbonyl (C=O) groups is 2. The van der Waals surface area contributed by atoms with Crippen molar-refractivity contribution in [2.24, 2.45) is 0 Å². The molecule has 1 heterocycles. The molecule has 0 saturated heterocycles. The highest BCUT2D eigenvalue weighted by Crippen LogP contribution is 2.20. The van der Waals surface area contributed by atoms with Gasteiger partial charge in [-0.2, -0.15) is 0 Å². The van der Waals surface area contributed by atoms with Gasteiger partial charge in [-0.1, -0.05) is 11.6 Å². The molecule has 0 N–H and O–H groups in total. The summed E-state index contributed by atoms with van der Waals surface area (Å²) in [6.45, 7) is 0. The average molecular weight is 283 g/mol. The topological polar surface area (TPSA) is 56.5 Å². The van der Waals surface area contributed by atoms with Crippen LogP contribution in [0.25, 0.3) is 0 Å². The Kier molecular flexibility index (Phi) is 3.66. The quantitative estimate of drug-likeness (QED) is 0.641. The lowest BCUT2D eigenvalue weighted by atomic mass is 10.1. The van der Waals surface area contributed by atoms with Crippen molar-refractivity contribution in [2.75, 3.05) is 7.11 Å². The second-order valence-electron chi connectivity index (χ2n) is 3.61. The number of halogens is 2. The number of rotatable bonds is 3. The molecule has 0 atom stereocenters. The second kappa shape index (κ2) is 5.24. The predicted octanol–water partition coefficient (Wildman–Crippen LogP) is 3.09. The van der Waals surface area contributed by atoms with Crippen LogP contribution < -0.4 is 0 Å². The van der Waals surface area contributed by atoms with E-state index in [1.165, 1.54) is 31.4 Å². The van der Waals surface area contributed by atoms with E-state index >= 15 is 0 Å². The van der Waals surface area contributed by atoms with E-state index in [1.54, 1.807) is 0 Å². The van der Waals surface area contributed by atoms with Crippen molar-refractivity contribution in [1.29, 1.82) is 0 Å². The Labute approximate surface area is 112 Å².